The number of H-pyrrole nitrogens is 1. The Balaban J connectivity index is 1.93. The second kappa shape index (κ2) is 6.01. The molecule has 3 rings (SSSR count). The average Bonchev–Trinajstić information content (AvgIpc) is 2.90. The molecular formula is C16H16N4S. The number of hydrogen-bond donors (Lipinski definition) is 1. The third kappa shape index (κ3) is 2.92. The van der Waals surface area contributed by atoms with E-state index >= 15 is 0 Å². The second-order valence-corrected chi connectivity index (χ2v) is 5.40. The molecule has 0 bridgehead atoms. The topological polar surface area (TPSA) is 46.5 Å². The Kier molecular flexibility index (Phi) is 3.92. The number of hydrogen-bond acceptors (Lipinski definition) is 3. The van der Waals surface area contributed by atoms with E-state index < -0.39 is 0 Å². The maximum atomic E-state index is 5.37. The summed E-state index contributed by atoms with van der Waals surface area (Å²) in [5, 5.41) is 7.22. The Morgan fingerprint density at radius 3 is 2.71 bits per heavy atom. The van der Waals surface area contributed by atoms with Gasteiger partial charge in [0.1, 0.15) is 0 Å². The minimum Gasteiger partial charge on any atom is -0.300 e. The van der Waals surface area contributed by atoms with Gasteiger partial charge in [-0.3, -0.25) is 14.6 Å². The van der Waals surface area contributed by atoms with E-state index in [9.17, 15) is 0 Å². The van der Waals surface area contributed by atoms with Crippen LogP contribution in [0.3, 0.4) is 0 Å². The van der Waals surface area contributed by atoms with Crippen molar-refractivity contribution in [2.24, 2.45) is 0 Å². The minimum atomic E-state index is 0.353. The van der Waals surface area contributed by atoms with Crippen molar-refractivity contribution in [3.63, 3.8) is 0 Å². The van der Waals surface area contributed by atoms with Gasteiger partial charge in [-0.25, -0.2) is 0 Å². The van der Waals surface area contributed by atoms with E-state index in [0.29, 0.717) is 10.7 Å². The van der Waals surface area contributed by atoms with Crippen LogP contribution >= 0.6 is 12.2 Å². The summed E-state index contributed by atoms with van der Waals surface area (Å²) in [6.07, 6.45) is 3.55. The molecule has 2 aromatic heterocycles. The van der Waals surface area contributed by atoms with Crippen LogP contribution in [0.5, 0.6) is 0 Å². The molecule has 0 amide bonds. The largest absolute Gasteiger partial charge is 0.300 e. The van der Waals surface area contributed by atoms with Crippen molar-refractivity contribution in [3.05, 3.63) is 65.2 Å². The van der Waals surface area contributed by atoms with Crippen molar-refractivity contribution in [1.29, 1.82) is 0 Å². The van der Waals surface area contributed by atoms with Crippen LogP contribution < -0.4 is 0 Å². The smallest absolute Gasteiger partial charge is 0.195 e. The first-order valence-electron chi connectivity index (χ1n) is 6.86. The summed E-state index contributed by atoms with van der Waals surface area (Å²) < 4.78 is 2.67. The van der Waals surface area contributed by atoms with Gasteiger partial charge in [0.25, 0.3) is 0 Å². The number of pyridine rings is 1. The third-order valence-corrected chi connectivity index (χ3v) is 3.81. The van der Waals surface area contributed by atoms with Crippen molar-refractivity contribution < 1.29 is 0 Å². The Morgan fingerprint density at radius 1 is 1.19 bits per heavy atom. The Hall–Kier alpha value is -2.27. The summed E-state index contributed by atoms with van der Waals surface area (Å²) in [6.45, 7) is 2.97. The van der Waals surface area contributed by atoms with Crippen molar-refractivity contribution in [2.75, 3.05) is 0 Å². The first kappa shape index (κ1) is 13.7. The molecule has 1 atom stereocenters. The van der Waals surface area contributed by atoms with Gasteiger partial charge in [0.05, 0.1) is 0 Å². The molecule has 106 valence electrons. The van der Waals surface area contributed by atoms with Gasteiger partial charge in [-0.05, 0) is 35.8 Å². The molecule has 0 spiro atoms. The van der Waals surface area contributed by atoms with Crippen LogP contribution in [-0.4, -0.2) is 19.7 Å². The molecule has 3 aromatic rings. The van der Waals surface area contributed by atoms with Crippen LogP contribution in [0.25, 0.3) is 11.4 Å². The fourth-order valence-electron chi connectivity index (χ4n) is 2.36. The van der Waals surface area contributed by atoms with Crippen molar-refractivity contribution in [3.8, 4) is 11.4 Å². The number of rotatable bonds is 4. The molecule has 0 saturated heterocycles. The highest BCUT2D eigenvalue weighted by atomic mass is 32.1. The summed E-state index contributed by atoms with van der Waals surface area (Å²) in [7, 11) is 0. The monoisotopic (exact) mass is 296 g/mol. The van der Waals surface area contributed by atoms with Gasteiger partial charge in [0.2, 0.25) is 0 Å². The van der Waals surface area contributed by atoms with Gasteiger partial charge >= 0.3 is 0 Å². The molecular weight excluding hydrogens is 280 g/mol. The van der Waals surface area contributed by atoms with Crippen molar-refractivity contribution >= 4 is 12.2 Å². The maximum Gasteiger partial charge on any atom is 0.195 e. The molecule has 0 fully saturated rings. The zero-order valence-electron chi connectivity index (χ0n) is 11.7. The van der Waals surface area contributed by atoms with E-state index in [4.69, 9.17) is 12.2 Å². The highest BCUT2D eigenvalue weighted by Gasteiger charge is 2.13. The first-order chi connectivity index (χ1) is 10.3. The molecule has 1 aromatic carbocycles. The van der Waals surface area contributed by atoms with Crippen LogP contribution in [0.2, 0.25) is 0 Å². The molecule has 1 N–H and O–H groups in total. The van der Waals surface area contributed by atoms with Gasteiger partial charge in [0.15, 0.2) is 10.6 Å². The zero-order chi connectivity index (χ0) is 14.7. The highest BCUT2D eigenvalue weighted by molar-refractivity contribution is 7.71. The number of nitrogens with zero attached hydrogens (tertiary/aromatic N) is 3. The lowest BCUT2D eigenvalue weighted by Crippen LogP contribution is -2.08. The minimum absolute atomic E-state index is 0.353. The van der Waals surface area contributed by atoms with Crippen molar-refractivity contribution in [1.82, 2.24) is 19.7 Å². The zero-order valence-corrected chi connectivity index (χ0v) is 12.5. The van der Waals surface area contributed by atoms with Crippen LogP contribution in [0.4, 0.5) is 0 Å². The van der Waals surface area contributed by atoms with Crippen LogP contribution in [0.15, 0.2) is 54.9 Å². The number of benzene rings is 1. The number of aromatic nitrogens is 4. The van der Waals surface area contributed by atoms with Crippen LogP contribution in [0, 0.1) is 4.77 Å². The number of aromatic amines is 1. The van der Waals surface area contributed by atoms with Crippen LogP contribution in [-0.2, 0) is 6.54 Å². The van der Waals surface area contributed by atoms with Gasteiger partial charge in [0, 0.05) is 24.5 Å². The summed E-state index contributed by atoms with van der Waals surface area (Å²) in [4.78, 5) is 4.15. The predicted octanol–water partition coefficient (Wildman–Crippen LogP) is 3.81. The van der Waals surface area contributed by atoms with E-state index in [1.165, 1.54) is 5.56 Å². The molecule has 2 heterocycles. The number of nitrogens with one attached hydrogen (secondary N) is 1. The quantitative estimate of drug-likeness (QED) is 0.745. The molecule has 0 aliphatic carbocycles. The Bertz CT molecular complexity index is 762. The molecule has 0 radical (unpaired) electrons. The molecule has 0 aliphatic heterocycles. The first-order valence-corrected chi connectivity index (χ1v) is 7.27. The normalized spacial score (nSPS) is 12.2. The highest BCUT2D eigenvalue weighted by Crippen LogP contribution is 2.21. The summed E-state index contributed by atoms with van der Waals surface area (Å²) in [5.74, 6) is 1.18. The molecule has 4 nitrogen and oxygen atoms in total. The fourth-order valence-corrected chi connectivity index (χ4v) is 2.57. The van der Waals surface area contributed by atoms with E-state index in [0.717, 1.165) is 17.9 Å². The van der Waals surface area contributed by atoms with Gasteiger partial charge in [-0.2, -0.15) is 5.10 Å². The van der Waals surface area contributed by atoms with Gasteiger partial charge < -0.3 is 0 Å². The van der Waals surface area contributed by atoms with E-state index in [1.807, 2.05) is 22.8 Å². The third-order valence-electron chi connectivity index (χ3n) is 3.50. The van der Waals surface area contributed by atoms with Crippen molar-refractivity contribution in [2.45, 2.75) is 19.4 Å². The van der Waals surface area contributed by atoms with E-state index in [2.05, 4.69) is 46.4 Å². The summed E-state index contributed by atoms with van der Waals surface area (Å²) in [5.41, 5.74) is 2.25. The Morgan fingerprint density at radius 2 is 2.00 bits per heavy atom. The fraction of sp³-hybridized carbons (Fsp3) is 0.188. The average molecular weight is 296 g/mol. The lowest BCUT2D eigenvalue weighted by atomic mass is 10.0. The molecule has 0 aliphatic rings. The van der Waals surface area contributed by atoms with E-state index in [1.54, 1.807) is 12.4 Å². The molecule has 0 saturated carbocycles. The van der Waals surface area contributed by atoms with Crippen LogP contribution in [0.1, 0.15) is 18.4 Å². The summed E-state index contributed by atoms with van der Waals surface area (Å²) >= 11 is 5.37. The lowest BCUT2D eigenvalue weighted by Gasteiger charge is -2.14. The SMILES string of the molecule is CC(Cn1c(-c2cccnc2)n[nH]c1=S)c1ccccc1. The van der Waals surface area contributed by atoms with Gasteiger partial charge in [-0.1, -0.05) is 37.3 Å². The standard InChI is InChI=1S/C16H16N4S/c1-12(13-6-3-2-4-7-13)11-20-15(18-19-16(20)21)14-8-5-9-17-10-14/h2-10,12H,11H2,1H3,(H,19,21). The Labute approximate surface area is 128 Å². The molecule has 5 heteroatoms. The molecule has 1 unspecified atom stereocenters. The maximum absolute atomic E-state index is 5.37. The predicted molar refractivity (Wildman–Crippen MR) is 85.5 cm³/mol. The lowest BCUT2D eigenvalue weighted by molar-refractivity contribution is 0.595. The molecule has 21 heavy (non-hydrogen) atoms. The van der Waals surface area contributed by atoms with E-state index in [-0.39, 0.29) is 0 Å². The summed E-state index contributed by atoms with van der Waals surface area (Å²) in [6, 6.07) is 14.3. The van der Waals surface area contributed by atoms with Gasteiger partial charge in [-0.15, -0.1) is 0 Å². The second-order valence-electron chi connectivity index (χ2n) is 5.02.